The molecule has 28 heavy (non-hydrogen) atoms. The Hall–Kier alpha value is -3.75. The minimum absolute atomic E-state index is 0.00578. The molecular weight excluding hydrogens is 362 g/mol. The second kappa shape index (κ2) is 8.76. The molecule has 9 nitrogen and oxygen atoms in total. The van der Waals surface area contributed by atoms with Crippen LogP contribution in [0.25, 0.3) is 5.69 Å². The first-order valence-corrected chi connectivity index (χ1v) is 8.64. The molecule has 0 spiro atoms. The van der Waals surface area contributed by atoms with Crippen molar-refractivity contribution < 1.29 is 14.5 Å². The van der Waals surface area contributed by atoms with Gasteiger partial charge in [0.15, 0.2) is 0 Å². The number of rotatable bonds is 8. The molecule has 1 aromatic heterocycles. The summed E-state index contributed by atoms with van der Waals surface area (Å²) >= 11 is 0. The minimum Gasteiger partial charge on any atom is -0.493 e. The lowest BCUT2D eigenvalue weighted by Gasteiger charge is -2.15. The maximum Gasteiger partial charge on any atom is 0.269 e. The normalized spacial score (nSPS) is 11.6. The summed E-state index contributed by atoms with van der Waals surface area (Å²) in [4.78, 5) is 26.2. The Morgan fingerprint density at radius 1 is 1.21 bits per heavy atom. The van der Waals surface area contributed by atoms with E-state index in [-0.39, 0.29) is 30.7 Å². The predicted molar refractivity (Wildman–Crippen MR) is 101 cm³/mol. The monoisotopic (exact) mass is 381 g/mol. The van der Waals surface area contributed by atoms with Gasteiger partial charge in [-0.3, -0.25) is 14.9 Å². The molecule has 0 aliphatic heterocycles. The standard InChI is InChI=1S/C19H19N5O4/c1-14(15-2-4-16(5-3-15)23-13-20-12-21-23)22-19(25)10-11-28-18-8-6-17(7-9-18)24(26)27/h2-9,12-14H,10-11H2,1H3,(H,22,25). The van der Waals surface area contributed by atoms with E-state index in [0.29, 0.717) is 5.75 Å². The van der Waals surface area contributed by atoms with Crippen LogP contribution in [0.3, 0.4) is 0 Å². The number of carbonyl (C=O) groups excluding carboxylic acids is 1. The Bertz CT molecular complexity index is 924. The Labute approximate surface area is 161 Å². The van der Waals surface area contributed by atoms with Gasteiger partial charge in [-0.2, -0.15) is 5.10 Å². The Kier molecular flexibility index (Phi) is 5.95. The fourth-order valence-electron chi connectivity index (χ4n) is 2.58. The number of hydrogen-bond acceptors (Lipinski definition) is 6. The molecule has 1 heterocycles. The van der Waals surface area contributed by atoms with Gasteiger partial charge in [-0.1, -0.05) is 12.1 Å². The maximum atomic E-state index is 12.1. The fourth-order valence-corrected chi connectivity index (χ4v) is 2.58. The molecule has 3 aromatic rings. The summed E-state index contributed by atoms with van der Waals surface area (Å²) in [5.41, 5.74) is 1.85. The van der Waals surface area contributed by atoms with Gasteiger partial charge in [0.2, 0.25) is 5.91 Å². The van der Waals surface area contributed by atoms with Crippen molar-refractivity contribution in [3.63, 3.8) is 0 Å². The summed E-state index contributed by atoms with van der Waals surface area (Å²) in [6.45, 7) is 2.08. The Morgan fingerprint density at radius 2 is 1.93 bits per heavy atom. The van der Waals surface area contributed by atoms with Gasteiger partial charge in [-0.05, 0) is 36.8 Å². The van der Waals surface area contributed by atoms with Crippen molar-refractivity contribution in [2.45, 2.75) is 19.4 Å². The van der Waals surface area contributed by atoms with Crippen LogP contribution in [-0.2, 0) is 4.79 Å². The molecule has 0 aliphatic rings. The molecule has 1 unspecified atom stereocenters. The second-order valence-electron chi connectivity index (χ2n) is 6.07. The smallest absolute Gasteiger partial charge is 0.269 e. The number of benzene rings is 2. The largest absolute Gasteiger partial charge is 0.493 e. The van der Waals surface area contributed by atoms with Gasteiger partial charge in [0, 0.05) is 12.1 Å². The van der Waals surface area contributed by atoms with Crippen LogP contribution in [0.2, 0.25) is 0 Å². The zero-order valence-corrected chi connectivity index (χ0v) is 15.2. The first-order valence-electron chi connectivity index (χ1n) is 8.64. The molecule has 0 bridgehead atoms. The first-order chi connectivity index (χ1) is 13.5. The van der Waals surface area contributed by atoms with Gasteiger partial charge in [-0.15, -0.1) is 0 Å². The highest BCUT2D eigenvalue weighted by Gasteiger charge is 2.11. The lowest BCUT2D eigenvalue weighted by Crippen LogP contribution is -2.27. The molecule has 1 N–H and O–H groups in total. The summed E-state index contributed by atoms with van der Waals surface area (Å²) in [6.07, 6.45) is 3.26. The van der Waals surface area contributed by atoms with E-state index in [1.807, 2.05) is 31.2 Å². The number of amides is 1. The van der Waals surface area contributed by atoms with E-state index in [1.165, 1.54) is 30.6 Å². The van der Waals surface area contributed by atoms with Crippen LogP contribution in [0.1, 0.15) is 24.9 Å². The summed E-state index contributed by atoms with van der Waals surface area (Å²) in [6, 6.07) is 13.3. The van der Waals surface area contributed by atoms with E-state index in [1.54, 1.807) is 11.0 Å². The van der Waals surface area contributed by atoms with Crippen molar-refractivity contribution in [1.82, 2.24) is 20.1 Å². The molecule has 1 atom stereocenters. The average Bonchev–Trinajstić information content (AvgIpc) is 3.23. The summed E-state index contributed by atoms with van der Waals surface area (Å²) < 4.78 is 7.11. The minimum atomic E-state index is -0.475. The molecule has 9 heteroatoms. The van der Waals surface area contributed by atoms with Crippen LogP contribution in [0.4, 0.5) is 5.69 Å². The number of nitrogens with one attached hydrogen (secondary N) is 1. The molecule has 2 aromatic carbocycles. The van der Waals surface area contributed by atoms with Gasteiger partial charge >= 0.3 is 0 Å². The van der Waals surface area contributed by atoms with E-state index >= 15 is 0 Å². The van der Waals surface area contributed by atoms with Crippen LogP contribution < -0.4 is 10.1 Å². The molecule has 1 amide bonds. The predicted octanol–water partition coefficient (Wildman–Crippen LogP) is 2.82. The number of ether oxygens (including phenoxy) is 1. The first kappa shape index (κ1) is 19.0. The highest BCUT2D eigenvalue weighted by Crippen LogP contribution is 2.18. The zero-order chi connectivity index (χ0) is 19.9. The van der Waals surface area contributed by atoms with Crippen LogP contribution in [0.5, 0.6) is 5.75 Å². The molecular formula is C19H19N5O4. The van der Waals surface area contributed by atoms with Crippen LogP contribution in [0, 0.1) is 10.1 Å². The van der Waals surface area contributed by atoms with Gasteiger partial charge in [0.25, 0.3) is 5.69 Å². The van der Waals surface area contributed by atoms with Crippen LogP contribution in [-0.4, -0.2) is 32.2 Å². The number of carbonyl (C=O) groups is 1. The Morgan fingerprint density at radius 3 is 2.54 bits per heavy atom. The van der Waals surface area contributed by atoms with Crippen molar-refractivity contribution in [2.75, 3.05) is 6.61 Å². The number of hydrogen-bond donors (Lipinski definition) is 1. The fraction of sp³-hybridized carbons (Fsp3) is 0.211. The van der Waals surface area contributed by atoms with Crippen LogP contribution >= 0.6 is 0 Å². The van der Waals surface area contributed by atoms with E-state index in [4.69, 9.17) is 4.74 Å². The van der Waals surface area contributed by atoms with E-state index < -0.39 is 4.92 Å². The highest BCUT2D eigenvalue weighted by molar-refractivity contribution is 5.76. The molecule has 0 saturated carbocycles. The highest BCUT2D eigenvalue weighted by atomic mass is 16.6. The second-order valence-corrected chi connectivity index (χ2v) is 6.07. The maximum absolute atomic E-state index is 12.1. The SMILES string of the molecule is CC(NC(=O)CCOc1ccc([N+](=O)[O-])cc1)c1ccc(-n2cncn2)cc1. The molecule has 3 rings (SSSR count). The van der Waals surface area contributed by atoms with Gasteiger partial charge < -0.3 is 10.1 Å². The topological polar surface area (TPSA) is 112 Å². The van der Waals surface area contributed by atoms with Crippen LogP contribution in [0.15, 0.2) is 61.2 Å². The van der Waals surface area contributed by atoms with Gasteiger partial charge in [-0.25, -0.2) is 9.67 Å². The molecule has 0 aliphatic carbocycles. The third-order valence-electron chi connectivity index (χ3n) is 4.10. The van der Waals surface area contributed by atoms with Gasteiger partial charge in [0.05, 0.1) is 29.7 Å². The summed E-state index contributed by atoms with van der Waals surface area (Å²) in [7, 11) is 0. The van der Waals surface area contributed by atoms with E-state index in [2.05, 4.69) is 15.4 Å². The molecule has 144 valence electrons. The number of nitrogens with zero attached hydrogens (tertiary/aromatic N) is 4. The quantitative estimate of drug-likeness (QED) is 0.474. The van der Waals surface area contributed by atoms with Crippen molar-refractivity contribution >= 4 is 11.6 Å². The lowest BCUT2D eigenvalue weighted by atomic mass is 10.1. The molecule has 0 saturated heterocycles. The summed E-state index contributed by atoms with van der Waals surface area (Å²) in [5.74, 6) is 0.338. The van der Waals surface area contributed by atoms with Crippen molar-refractivity contribution in [1.29, 1.82) is 0 Å². The molecule has 0 radical (unpaired) electrons. The zero-order valence-electron chi connectivity index (χ0n) is 15.2. The van der Waals surface area contributed by atoms with E-state index in [0.717, 1.165) is 11.3 Å². The van der Waals surface area contributed by atoms with Crippen molar-refractivity contribution in [3.8, 4) is 11.4 Å². The third kappa shape index (κ3) is 4.91. The number of aromatic nitrogens is 3. The summed E-state index contributed by atoms with van der Waals surface area (Å²) in [5, 5.41) is 17.6. The number of nitro groups is 1. The van der Waals surface area contributed by atoms with Crippen molar-refractivity contribution in [2.24, 2.45) is 0 Å². The Balaban J connectivity index is 1.45. The van der Waals surface area contributed by atoms with Gasteiger partial charge in [0.1, 0.15) is 18.4 Å². The van der Waals surface area contributed by atoms with Crippen molar-refractivity contribution in [3.05, 3.63) is 76.9 Å². The lowest BCUT2D eigenvalue weighted by molar-refractivity contribution is -0.384. The average molecular weight is 381 g/mol. The number of non-ortho nitro benzene ring substituents is 1. The van der Waals surface area contributed by atoms with E-state index in [9.17, 15) is 14.9 Å². The third-order valence-corrected chi connectivity index (χ3v) is 4.10. The number of nitro benzene ring substituents is 1. The molecule has 0 fully saturated rings.